The molecule has 2 N–H and O–H groups in total. The number of carbonyl (C=O) groups excluding carboxylic acids is 1. The van der Waals surface area contributed by atoms with Gasteiger partial charge in [0.25, 0.3) is 11.5 Å². The number of aromatic nitrogens is 1. The zero-order chi connectivity index (χ0) is 26.7. The van der Waals surface area contributed by atoms with Gasteiger partial charge in [-0.2, -0.15) is 0 Å². The van der Waals surface area contributed by atoms with Crippen LogP contribution < -0.4 is 15.0 Å². The number of aromatic hydroxyl groups is 1. The van der Waals surface area contributed by atoms with E-state index in [4.69, 9.17) is 14.2 Å². The van der Waals surface area contributed by atoms with E-state index < -0.39 is 34.4 Å². The molecule has 1 aliphatic rings. The summed E-state index contributed by atoms with van der Waals surface area (Å²) in [7, 11) is 2.91. The van der Waals surface area contributed by atoms with Gasteiger partial charge in [0.15, 0.2) is 0 Å². The van der Waals surface area contributed by atoms with E-state index in [9.17, 15) is 23.5 Å². The molecule has 1 aliphatic heterocycles. The first-order chi connectivity index (χ1) is 17.8. The van der Waals surface area contributed by atoms with Gasteiger partial charge in [0.05, 0.1) is 37.6 Å². The summed E-state index contributed by atoms with van der Waals surface area (Å²) in [6.45, 7) is 2.43. The number of likely N-dealkylation sites (tertiary alicyclic amines) is 1. The van der Waals surface area contributed by atoms with Crippen LogP contribution in [0.2, 0.25) is 0 Å². The lowest BCUT2D eigenvalue weighted by Crippen LogP contribution is -2.33. The number of hydrogen-bond acceptors (Lipinski definition) is 6. The van der Waals surface area contributed by atoms with E-state index >= 15 is 0 Å². The van der Waals surface area contributed by atoms with Gasteiger partial charge in [0.1, 0.15) is 34.4 Å². The molecule has 0 aliphatic carbocycles. The number of carbonyl (C=O) groups is 1. The summed E-state index contributed by atoms with van der Waals surface area (Å²) in [5.41, 5.74) is -0.212. The SMILES string of the molecule is CCOCc1[nH]c(=O)c(C(=O)N2CCC(c3ccc(F)cc3F)C2)c(O)c1-c1c(OC)cccc1OC. The zero-order valence-electron chi connectivity index (χ0n) is 20.8. The highest BCUT2D eigenvalue weighted by atomic mass is 19.1. The van der Waals surface area contributed by atoms with Crippen molar-refractivity contribution in [3.8, 4) is 28.4 Å². The number of ether oxygens (including phenoxy) is 3. The Bertz CT molecular complexity index is 1350. The Labute approximate surface area is 212 Å². The fraction of sp³-hybridized carbons (Fsp3) is 0.333. The summed E-state index contributed by atoms with van der Waals surface area (Å²) in [5, 5.41) is 11.4. The Morgan fingerprint density at radius 2 is 1.84 bits per heavy atom. The number of nitrogens with one attached hydrogen (secondary N) is 1. The second kappa shape index (κ2) is 11.0. The van der Waals surface area contributed by atoms with Crippen molar-refractivity contribution < 1.29 is 32.9 Å². The lowest BCUT2D eigenvalue weighted by Gasteiger charge is -2.21. The molecule has 0 bridgehead atoms. The molecular weight excluding hydrogens is 486 g/mol. The van der Waals surface area contributed by atoms with Crippen molar-refractivity contribution >= 4 is 5.91 Å². The molecule has 2 aromatic carbocycles. The van der Waals surface area contributed by atoms with Gasteiger partial charge in [0.2, 0.25) is 0 Å². The van der Waals surface area contributed by atoms with Crippen molar-refractivity contribution in [1.29, 1.82) is 0 Å². The van der Waals surface area contributed by atoms with E-state index in [1.54, 1.807) is 25.1 Å². The number of benzene rings is 2. The van der Waals surface area contributed by atoms with Crippen LogP contribution in [0.3, 0.4) is 0 Å². The number of nitrogens with zero attached hydrogens (tertiary/aromatic N) is 1. The smallest absolute Gasteiger partial charge is 0.264 e. The molecular formula is C27H28F2N2O6. The van der Waals surface area contributed by atoms with E-state index in [-0.39, 0.29) is 36.9 Å². The molecule has 1 saturated heterocycles. The van der Waals surface area contributed by atoms with Crippen LogP contribution >= 0.6 is 0 Å². The van der Waals surface area contributed by atoms with E-state index in [0.717, 1.165) is 6.07 Å². The molecule has 1 atom stereocenters. The molecule has 196 valence electrons. The number of rotatable bonds is 8. The predicted molar refractivity (Wildman–Crippen MR) is 132 cm³/mol. The Hall–Kier alpha value is -3.92. The van der Waals surface area contributed by atoms with Crippen molar-refractivity contribution in [2.24, 2.45) is 0 Å². The van der Waals surface area contributed by atoms with Crippen molar-refractivity contribution in [3.05, 3.63) is 75.2 Å². The number of halogens is 2. The molecule has 10 heteroatoms. The van der Waals surface area contributed by atoms with Crippen LogP contribution in [0.1, 0.15) is 40.9 Å². The summed E-state index contributed by atoms with van der Waals surface area (Å²) in [6.07, 6.45) is 0.419. The molecule has 1 amide bonds. The first-order valence-corrected chi connectivity index (χ1v) is 11.8. The monoisotopic (exact) mass is 514 g/mol. The first-order valence-electron chi connectivity index (χ1n) is 11.8. The van der Waals surface area contributed by atoms with Crippen molar-refractivity contribution in [2.75, 3.05) is 33.9 Å². The van der Waals surface area contributed by atoms with Crippen molar-refractivity contribution in [2.45, 2.75) is 25.9 Å². The highest BCUT2D eigenvalue weighted by Crippen LogP contribution is 2.45. The molecule has 0 saturated carbocycles. The molecule has 0 radical (unpaired) electrons. The maximum absolute atomic E-state index is 14.3. The lowest BCUT2D eigenvalue weighted by molar-refractivity contribution is 0.0785. The molecule has 37 heavy (non-hydrogen) atoms. The van der Waals surface area contributed by atoms with Gasteiger partial charge < -0.3 is 29.2 Å². The average Bonchev–Trinajstić information content (AvgIpc) is 3.37. The minimum absolute atomic E-state index is 0.0417. The van der Waals surface area contributed by atoms with E-state index in [1.165, 1.54) is 31.3 Å². The van der Waals surface area contributed by atoms with Crippen LogP contribution in [0.15, 0.2) is 41.2 Å². The Morgan fingerprint density at radius 3 is 2.46 bits per heavy atom. The van der Waals surface area contributed by atoms with Gasteiger partial charge in [-0.15, -0.1) is 0 Å². The topological polar surface area (TPSA) is 101 Å². The number of hydrogen-bond donors (Lipinski definition) is 2. The lowest BCUT2D eigenvalue weighted by atomic mass is 9.97. The van der Waals surface area contributed by atoms with Crippen LogP contribution in [0.25, 0.3) is 11.1 Å². The second-order valence-electron chi connectivity index (χ2n) is 8.61. The van der Waals surface area contributed by atoms with Crippen molar-refractivity contribution in [3.63, 3.8) is 0 Å². The molecule has 1 fully saturated rings. The third-order valence-corrected chi connectivity index (χ3v) is 6.49. The average molecular weight is 515 g/mol. The van der Waals surface area contributed by atoms with Crippen LogP contribution in [-0.2, 0) is 11.3 Å². The molecule has 1 unspecified atom stereocenters. The second-order valence-corrected chi connectivity index (χ2v) is 8.61. The summed E-state index contributed by atoms with van der Waals surface area (Å²) in [6, 6.07) is 8.37. The molecule has 1 aromatic heterocycles. The third-order valence-electron chi connectivity index (χ3n) is 6.49. The fourth-order valence-corrected chi connectivity index (χ4v) is 4.70. The first kappa shape index (κ1) is 26.2. The summed E-state index contributed by atoms with van der Waals surface area (Å²) in [5.74, 6) is -2.29. The largest absolute Gasteiger partial charge is 0.506 e. The van der Waals surface area contributed by atoms with E-state index in [2.05, 4.69) is 4.98 Å². The van der Waals surface area contributed by atoms with Gasteiger partial charge in [0, 0.05) is 31.7 Å². The number of H-pyrrole nitrogens is 1. The molecule has 4 rings (SSSR count). The molecule has 3 aromatic rings. The summed E-state index contributed by atoms with van der Waals surface area (Å²) in [4.78, 5) is 30.7. The third kappa shape index (κ3) is 5.01. The maximum Gasteiger partial charge on any atom is 0.264 e. The Morgan fingerprint density at radius 1 is 1.14 bits per heavy atom. The molecule has 0 spiro atoms. The minimum Gasteiger partial charge on any atom is -0.506 e. The quantitative estimate of drug-likeness (QED) is 0.467. The highest BCUT2D eigenvalue weighted by molar-refractivity contribution is 6.00. The van der Waals surface area contributed by atoms with Gasteiger partial charge >= 0.3 is 0 Å². The fourth-order valence-electron chi connectivity index (χ4n) is 4.70. The van der Waals surface area contributed by atoms with Crippen LogP contribution in [-0.4, -0.2) is 54.8 Å². The van der Waals surface area contributed by atoms with Crippen LogP contribution in [0, 0.1) is 11.6 Å². The highest BCUT2D eigenvalue weighted by Gasteiger charge is 2.34. The predicted octanol–water partition coefficient (Wildman–Crippen LogP) is 4.21. The number of pyridine rings is 1. The van der Waals surface area contributed by atoms with E-state index in [0.29, 0.717) is 35.7 Å². The number of aromatic amines is 1. The van der Waals surface area contributed by atoms with E-state index in [1.807, 2.05) is 0 Å². The van der Waals surface area contributed by atoms with Crippen LogP contribution in [0.5, 0.6) is 17.2 Å². The number of amides is 1. The van der Waals surface area contributed by atoms with Gasteiger partial charge in [-0.1, -0.05) is 12.1 Å². The Kier molecular flexibility index (Phi) is 7.77. The van der Waals surface area contributed by atoms with Gasteiger partial charge in [-0.3, -0.25) is 9.59 Å². The summed E-state index contributed by atoms with van der Waals surface area (Å²) >= 11 is 0. The van der Waals surface area contributed by atoms with Crippen molar-refractivity contribution in [1.82, 2.24) is 9.88 Å². The minimum atomic E-state index is -0.786. The van der Waals surface area contributed by atoms with Gasteiger partial charge in [-0.05, 0) is 37.1 Å². The number of methoxy groups -OCH3 is 2. The zero-order valence-corrected chi connectivity index (χ0v) is 20.8. The van der Waals surface area contributed by atoms with Crippen LogP contribution in [0.4, 0.5) is 8.78 Å². The normalized spacial score (nSPS) is 15.2. The molecule has 8 nitrogen and oxygen atoms in total. The maximum atomic E-state index is 14.3. The Balaban J connectivity index is 1.78. The summed E-state index contributed by atoms with van der Waals surface area (Å²) < 4.78 is 44.2. The van der Waals surface area contributed by atoms with Gasteiger partial charge in [-0.25, -0.2) is 8.78 Å². The standard InChI is InChI=1S/C27H28F2N2O6/c1-4-37-14-19-22(23-20(35-2)6-5-7-21(23)36-3)25(32)24(26(33)30-19)27(34)31-11-10-15(13-31)17-9-8-16(28)12-18(17)29/h5-9,12,15H,4,10-11,13-14H2,1-3H3,(H2,30,32,33). The molecule has 2 heterocycles.